The van der Waals surface area contributed by atoms with E-state index in [4.69, 9.17) is 4.74 Å². The Kier molecular flexibility index (Phi) is 4.97. The van der Waals surface area contributed by atoms with Crippen LogP contribution in [0.15, 0.2) is 24.4 Å². The van der Waals surface area contributed by atoms with Gasteiger partial charge in [0, 0.05) is 29.6 Å². The molecular weight excluding hydrogens is 344 g/mol. The zero-order chi connectivity index (χ0) is 18.9. The lowest BCUT2D eigenvalue weighted by Crippen LogP contribution is -2.48. The van der Waals surface area contributed by atoms with E-state index in [9.17, 15) is 9.90 Å². The summed E-state index contributed by atoms with van der Waals surface area (Å²) in [5, 5.41) is 16.9. The van der Waals surface area contributed by atoms with Crippen LogP contribution in [0, 0.1) is 5.41 Å². The number of fused-ring (bicyclic) bond motifs is 1. The number of rotatable bonds is 5. The Hall–Kier alpha value is -2.25. The molecule has 1 saturated heterocycles. The van der Waals surface area contributed by atoms with Crippen molar-refractivity contribution in [1.82, 2.24) is 15.3 Å². The summed E-state index contributed by atoms with van der Waals surface area (Å²) >= 11 is 0. The van der Waals surface area contributed by atoms with Gasteiger partial charge in [0.25, 0.3) is 5.91 Å². The van der Waals surface area contributed by atoms with Gasteiger partial charge in [0.2, 0.25) is 5.95 Å². The maximum Gasteiger partial charge on any atom is 0.253 e. The van der Waals surface area contributed by atoms with Crippen LogP contribution in [-0.4, -0.2) is 52.9 Å². The largest absolute Gasteiger partial charge is 0.393 e. The molecule has 0 unspecified atom stereocenters. The number of aliphatic hydroxyl groups excluding tert-OH is 1. The van der Waals surface area contributed by atoms with Crippen LogP contribution in [0.3, 0.4) is 0 Å². The van der Waals surface area contributed by atoms with Gasteiger partial charge in [-0.1, -0.05) is 19.1 Å². The number of carbonyl (C=O) groups excluding carboxylic acids is 1. The zero-order valence-electron chi connectivity index (χ0n) is 15.6. The van der Waals surface area contributed by atoms with Crippen LogP contribution in [0.5, 0.6) is 0 Å². The first kappa shape index (κ1) is 18.1. The van der Waals surface area contributed by atoms with Crippen molar-refractivity contribution in [3.05, 3.63) is 30.0 Å². The molecule has 2 heterocycles. The van der Waals surface area contributed by atoms with Crippen LogP contribution < -0.4 is 10.6 Å². The lowest BCUT2D eigenvalue weighted by Gasteiger charge is -2.38. The summed E-state index contributed by atoms with van der Waals surface area (Å²) in [7, 11) is 0. The highest BCUT2D eigenvalue weighted by Gasteiger charge is 2.33. The molecule has 1 saturated carbocycles. The Labute approximate surface area is 158 Å². The lowest BCUT2D eigenvalue weighted by atomic mass is 9.88. The Morgan fingerprint density at radius 1 is 1.30 bits per heavy atom. The molecule has 144 valence electrons. The number of hydrogen-bond acceptors (Lipinski definition) is 6. The minimum absolute atomic E-state index is 0.0213. The standard InChI is InChI=1S/C20H26N4O3/c1-20(11-27-12-20)10-22-18(26)16-4-2-3-13-9-21-19(24-17(13)16)23-14-5-7-15(25)8-6-14/h2-4,9,14-15,25H,5-8,10-12H2,1H3,(H,22,26)(H,21,23,24). The minimum Gasteiger partial charge on any atom is -0.393 e. The van der Waals surface area contributed by atoms with E-state index in [0.29, 0.717) is 36.8 Å². The average molecular weight is 370 g/mol. The summed E-state index contributed by atoms with van der Waals surface area (Å²) < 4.78 is 5.24. The van der Waals surface area contributed by atoms with Crippen molar-refractivity contribution in [2.24, 2.45) is 5.41 Å². The lowest BCUT2D eigenvalue weighted by molar-refractivity contribution is -0.0978. The maximum absolute atomic E-state index is 12.7. The fraction of sp³-hybridized carbons (Fsp3) is 0.550. The molecule has 1 aliphatic carbocycles. The first-order valence-corrected chi connectivity index (χ1v) is 9.59. The summed E-state index contributed by atoms with van der Waals surface area (Å²) in [5.74, 6) is 0.405. The second-order valence-corrected chi connectivity index (χ2v) is 8.07. The number of para-hydroxylation sites is 1. The van der Waals surface area contributed by atoms with Gasteiger partial charge in [-0.15, -0.1) is 0 Å². The molecule has 7 nitrogen and oxygen atoms in total. The number of carbonyl (C=O) groups is 1. The average Bonchev–Trinajstić information content (AvgIpc) is 2.66. The number of hydrogen-bond donors (Lipinski definition) is 3. The molecule has 2 fully saturated rings. The van der Waals surface area contributed by atoms with Gasteiger partial charge in [-0.25, -0.2) is 9.97 Å². The molecule has 7 heteroatoms. The first-order valence-electron chi connectivity index (χ1n) is 9.59. The first-order chi connectivity index (χ1) is 13.0. The second kappa shape index (κ2) is 7.40. The second-order valence-electron chi connectivity index (χ2n) is 8.07. The predicted molar refractivity (Wildman–Crippen MR) is 103 cm³/mol. The fourth-order valence-electron chi connectivity index (χ4n) is 3.65. The normalized spacial score (nSPS) is 24.2. The van der Waals surface area contributed by atoms with Crippen molar-refractivity contribution in [3.8, 4) is 0 Å². The van der Waals surface area contributed by atoms with E-state index in [0.717, 1.165) is 31.1 Å². The van der Waals surface area contributed by atoms with Gasteiger partial charge in [0.05, 0.1) is 30.4 Å². The van der Waals surface area contributed by atoms with Crippen LogP contribution in [0.25, 0.3) is 10.9 Å². The molecule has 4 rings (SSSR count). The van der Waals surface area contributed by atoms with Crippen molar-refractivity contribution in [1.29, 1.82) is 0 Å². The number of anilines is 1. The Morgan fingerprint density at radius 2 is 2.07 bits per heavy atom. The molecule has 2 aromatic rings. The molecule has 0 radical (unpaired) electrons. The van der Waals surface area contributed by atoms with Gasteiger partial charge in [0.1, 0.15) is 0 Å². The highest BCUT2D eigenvalue weighted by Crippen LogP contribution is 2.26. The van der Waals surface area contributed by atoms with Crippen molar-refractivity contribution in [2.45, 2.75) is 44.8 Å². The van der Waals surface area contributed by atoms with Crippen molar-refractivity contribution < 1.29 is 14.6 Å². The minimum atomic E-state index is -0.196. The summed E-state index contributed by atoms with van der Waals surface area (Å²) in [4.78, 5) is 21.7. The Bertz CT molecular complexity index is 829. The zero-order valence-corrected chi connectivity index (χ0v) is 15.6. The number of benzene rings is 1. The van der Waals surface area contributed by atoms with Gasteiger partial charge in [0.15, 0.2) is 0 Å². The summed E-state index contributed by atoms with van der Waals surface area (Å²) in [6.45, 7) is 4.04. The van der Waals surface area contributed by atoms with Gasteiger partial charge in [-0.3, -0.25) is 4.79 Å². The van der Waals surface area contributed by atoms with Crippen LogP contribution in [0.2, 0.25) is 0 Å². The van der Waals surface area contributed by atoms with E-state index >= 15 is 0 Å². The van der Waals surface area contributed by atoms with E-state index in [1.165, 1.54) is 0 Å². The molecule has 1 aromatic carbocycles. The summed E-state index contributed by atoms with van der Waals surface area (Å²) in [6.07, 6.45) is 4.93. The van der Waals surface area contributed by atoms with Gasteiger partial charge >= 0.3 is 0 Å². The smallest absolute Gasteiger partial charge is 0.253 e. The van der Waals surface area contributed by atoms with Crippen molar-refractivity contribution >= 4 is 22.8 Å². The van der Waals surface area contributed by atoms with E-state index in [1.807, 2.05) is 12.1 Å². The maximum atomic E-state index is 12.7. The predicted octanol–water partition coefficient (Wildman–Crippen LogP) is 2.11. The van der Waals surface area contributed by atoms with E-state index in [1.54, 1.807) is 12.3 Å². The Balaban J connectivity index is 1.51. The molecular formula is C20H26N4O3. The summed E-state index contributed by atoms with van der Waals surface area (Å²) in [5.41, 5.74) is 1.23. The topological polar surface area (TPSA) is 96.4 Å². The SMILES string of the molecule is CC1(CNC(=O)c2cccc3cnc(NC4CCC(O)CC4)nc23)COC1. The number of aliphatic hydroxyl groups is 1. The third-order valence-corrected chi connectivity index (χ3v) is 5.46. The number of ether oxygens (including phenoxy) is 1. The monoisotopic (exact) mass is 370 g/mol. The number of nitrogens with one attached hydrogen (secondary N) is 2. The van der Waals surface area contributed by atoms with Crippen LogP contribution >= 0.6 is 0 Å². The summed E-state index contributed by atoms with van der Waals surface area (Å²) in [6, 6.07) is 5.81. The van der Waals surface area contributed by atoms with Crippen LogP contribution in [-0.2, 0) is 4.74 Å². The van der Waals surface area contributed by atoms with Gasteiger partial charge in [-0.2, -0.15) is 0 Å². The molecule has 1 aromatic heterocycles. The Morgan fingerprint density at radius 3 is 2.78 bits per heavy atom. The number of amides is 1. The quantitative estimate of drug-likeness (QED) is 0.746. The van der Waals surface area contributed by atoms with E-state index in [2.05, 4.69) is 27.5 Å². The molecule has 27 heavy (non-hydrogen) atoms. The number of nitrogens with zero attached hydrogens (tertiary/aromatic N) is 2. The molecule has 2 aliphatic rings. The molecule has 1 amide bonds. The molecule has 0 bridgehead atoms. The third kappa shape index (κ3) is 4.04. The van der Waals surface area contributed by atoms with E-state index < -0.39 is 0 Å². The third-order valence-electron chi connectivity index (χ3n) is 5.46. The van der Waals surface area contributed by atoms with Crippen LogP contribution in [0.4, 0.5) is 5.95 Å². The van der Waals surface area contributed by atoms with Crippen molar-refractivity contribution in [3.63, 3.8) is 0 Å². The van der Waals surface area contributed by atoms with E-state index in [-0.39, 0.29) is 23.5 Å². The van der Waals surface area contributed by atoms with Crippen molar-refractivity contribution in [2.75, 3.05) is 25.1 Å². The number of aromatic nitrogens is 2. The molecule has 0 spiro atoms. The highest BCUT2D eigenvalue weighted by molar-refractivity contribution is 6.05. The van der Waals surface area contributed by atoms with Gasteiger partial charge in [-0.05, 0) is 31.7 Å². The highest BCUT2D eigenvalue weighted by atomic mass is 16.5. The van der Waals surface area contributed by atoms with Gasteiger partial charge < -0.3 is 20.5 Å². The molecule has 1 aliphatic heterocycles. The fourth-order valence-corrected chi connectivity index (χ4v) is 3.65. The molecule has 0 atom stereocenters. The van der Waals surface area contributed by atoms with Crippen LogP contribution in [0.1, 0.15) is 43.0 Å². The molecule has 3 N–H and O–H groups in total.